The van der Waals surface area contributed by atoms with Gasteiger partial charge in [0, 0.05) is 23.9 Å². The van der Waals surface area contributed by atoms with Gasteiger partial charge < -0.3 is 10.1 Å². The van der Waals surface area contributed by atoms with Crippen LogP contribution in [0.1, 0.15) is 11.1 Å². The van der Waals surface area contributed by atoms with Crippen molar-refractivity contribution < 1.29 is 13.2 Å². The molecule has 0 unspecified atom stereocenters. The van der Waals surface area contributed by atoms with Crippen LogP contribution in [0.4, 0.5) is 0 Å². The minimum atomic E-state index is -3.69. The van der Waals surface area contributed by atoms with Gasteiger partial charge in [-0.1, -0.05) is 30.3 Å². The van der Waals surface area contributed by atoms with Gasteiger partial charge in [0.1, 0.15) is 12.4 Å². The Morgan fingerprint density at radius 1 is 1.08 bits per heavy atom. The average molecular weight is 391 g/mol. The Balaban J connectivity index is 0.00000196. The molecule has 5 nitrogen and oxygen atoms in total. The molecule has 3 aromatic rings. The van der Waals surface area contributed by atoms with Crippen molar-refractivity contribution in [2.24, 2.45) is 0 Å². The highest BCUT2D eigenvalue weighted by Gasteiger charge is 2.30. The van der Waals surface area contributed by atoms with E-state index in [0.717, 1.165) is 16.7 Å². The predicted molar refractivity (Wildman–Crippen MR) is 103 cm³/mol. The molecule has 7 heteroatoms. The minimum absolute atomic E-state index is 0. The van der Waals surface area contributed by atoms with Crippen LogP contribution < -0.4 is 10.1 Å². The van der Waals surface area contributed by atoms with E-state index in [2.05, 4.69) is 5.32 Å². The van der Waals surface area contributed by atoms with E-state index in [1.165, 1.54) is 3.97 Å². The fourth-order valence-electron chi connectivity index (χ4n) is 3.19. The van der Waals surface area contributed by atoms with Crippen molar-refractivity contribution >= 4 is 22.4 Å². The van der Waals surface area contributed by atoms with E-state index in [-0.39, 0.29) is 17.3 Å². The highest BCUT2D eigenvalue weighted by Crippen LogP contribution is 2.41. The molecular formula is C19H19ClN2O3S. The Morgan fingerprint density at radius 3 is 2.50 bits per heavy atom. The molecule has 1 N–H and O–H groups in total. The molecule has 0 radical (unpaired) electrons. The first-order valence-electron chi connectivity index (χ1n) is 8.03. The van der Waals surface area contributed by atoms with Crippen LogP contribution in [-0.4, -0.2) is 19.4 Å². The number of para-hydroxylation sites is 1. The van der Waals surface area contributed by atoms with Crippen molar-refractivity contribution in [2.75, 3.05) is 7.05 Å². The smallest absolute Gasteiger partial charge is 0.268 e. The summed E-state index contributed by atoms with van der Waals surface area (Å²) in [5.74, 6) is 0.702. The normalized spacial score (nSPS) is 12.5. The summed E-state index contributed by atoms with van der Waals surface area (Å²) < 4.78 is 33.7. The van der Waals surface area contributed by atoms with Crippen LogP contribution in [0.2, 0.25) is 0 Å². The monoisotopic (exact) mass is 390 g/mol. The first kappa shape index (κ1) is 18.5. The standard InChI is InChI=1S/C19H18N2O3S.ClH/c1-20-11-14-12-21(25(22,23)15-7-3-2-4-8-15)19-16-9-5-6-10-18(16)24-13-17(14)19;/h2-10,12,20H,11,13H2,1H3;1H. The van der Waals surface area contributed by atoms with Crippen molar-refractivity contribution in [3.05, 3.63) is 71.9 Å². The Kier molecular flexibility index (Phi) is 5.09. The summed E-state index contributed by atoms with van der Waals surface area (Å²) in [6, 6.07) is 16.0. The van der Waals surface area contributed by atoms with Crippen molar-refractivity contribution in [1.82, 2.24) is 9.29 Å². The number of hydrogen-bond donors (Lipinski definition) is 1. The zero-order valence-corrected chi connectivity index (χ0v) is 15.8. The number of aromatic nitrogens is 1. The zero-order valence-electron chi connectivity index (χ0n) is 14.2. The average Bonchev–Trinajstić information content (AvgIpc) is 3.03. The van der Waals surface area contributed by atoms with Crippen LogP contribution in [-0.2, 0) is 23.2 Å². The van der Waals surface area contributed by atoms with Gasteiger partial charge in [-0.3, -0.25) is 0 Å². The van der Waals surface area contributed by atoms with Crippen molar-refractivity contribution in [2.45, 2.75) is 18.0 Å². The molecule has 0 spiro atoms. The maximum absolute atomic E-state index is 13.2. The fourth-order valence-corrected chi connectivity index (χ4v) is 4.63. The molecular weight excluding hydrogens is 372 g/mol. The largest absolute Gasteiger partial charge is 0.488 e. The third kappa shape index (κ3) is 2.90. The molecule has 0 aliphatic carbocycles. The van der Waals surface area contributed by atoms with E-state index >= 15 is 0 Å². The van der Waals surface area contributed by atoms with Gasteiger partial charge in [0.2, 0.25) is 0 Å². The molecule has 0 saturated carbocycles. The lowest BCUT2D eigenvalue weighted by atomic mass is 10.0. The minimum Gasteiger partial charge on any atom is -0.488 e. The summed E-state index contributed by atoms with van der Waals surface area (Å²) >= 11 is 0. The van der Waals surface area contributed by atoms with Gasteiger partial charge in [-0.15, -0.1) is 12.4 Å². The molecule has 1 aromatic heterocycles. The molecule has 1 aliphatic rings. The molecule has 4 rings (SSSR count). The van der Waals surface area contributed by atoms with Gasteiger partial charge in [-0.2, -0.15) is 0 Å². The van der Waals surface area contributed by atoms with Crippen molar-refractivity contribution in [3.63, 3.8) is 0 Å². The van der Waals surface area contributed by atoms with E-state index in [0.29, 0.717) is 24.6 Å². The number of benzene rings is 2. The number of rotatable bonds is 4. The Labute approximate surface area is 159 Å². The van der Waals surface area contributed by atoms with Crippen molar-refractivity contribution in [1.29, 1.82) is 0 Å². The van der Waals surface area contributed by atoms with Crippen LogP contribution in [0, 0.1) is 0 Å². The molecule has 0 fully saturated rings. The number of nitrogens with zero attached hydrogens (tertiary/aromatic N) is 1. The van der Waals surface area contributed by atoms with Gasteiger partial charge in [0.05, 0.1) is 10.6 Å². The second-order valence-corrected chi connectivity index (χ2v) is 7.73. The molecule has 0 saturated heterocycles. The van der Waals surface area contributed by atoms with Gasteiger partial charge >= 0.3 is 0 Å². The topological polar surface area (TPSA) is 60.3 Å². The molecule has 2 aromatic carbocycles. The Bertz CT molecular complexity index is 1030. The summed E-state index contributed by atoms with van der Waals surface area (Å²) in [5.41, 5.74) is 3.32. The number of hydrogen-bond acceptors (Lipinski definition) is 4. The lowest BCUT2D eigenvalue weighted by Crippen LogP contribution is -2.15. The quantitative estimate of drug-likeness (QED) is 0.741. The molecule has 26 heavy (non-hydrogen) atoms. The van der Waals surface area contributed by atoms with Gasteiger partial charge in [-0.25, -0.2) is 12.4 Å². The van der Waals surface area contributed by atoms with E-state index in [1.807, 2.05) is 31.3 Å². The molecule has 0 amide bonds. The molecule has 1 aliphatic heterocycles. The summed E-state index contributed by atoms with van der Waals surface area (Å²) in [7, 11) is -1.85. The maximum Gasteiger partial charge on any atom is 0.268 e. The van der Waals surface area contributed by atoms with Crippen LogP contribution >= 0.6 is 12.4 Å². The molecule has 0 atom stereocenters. The van der Waals surface area contributed by atoms with Crippen LogP contribution in [0.25, 0.3) is 11.3 Å². The van der Waals surface area contributed by atoms with E-state index < -0.39 is 10.0 Å². The highest BCUT2D eigenvalue weighted by molar-refractivity contribution is 7.90. The fraction of sp³-hybridized carbons (Fsp3) is 0.158. The van der Waals surface area contributed by atoms with Gasteiger partial charge in [-0.05, 0) is 36.9 Å². The summed E-state index contributed by atoms with van der Waals surface area (Å²) in [4.78, 5) is 0.271. The number of ether oxygens (including phenoxy) is 1. The van der Waals surface area contributed by atoms with Crippen LogP contribution in [0.15, 0.2) is 65.7 Å². The first-order chi connectivity index (χ1) is 12.1. The molecule has 2 heterocycles. The van der Waals surface area contributed by atoms with Crippen LogP contribution in [0.5, 0.6) is 5.75 Å². The van der Waals surface area contributed by atoms with E-state index in [9.17, 15) is 8.42 Å². The van der Waals surface area contributed by atoms with E-state index in [4.69, 9.17) is 4.74 Å². The molecule has 136 valence electrons. The summed E-state index contributed by atoms with van der Waals surface area (Å²) in [6.07, 6.45) is 1.70. The number of halogens is 1. The second kappa shape index (κ2) is 7.15. The Hall–Kier alpha value is -2.28. The third-order valence-electron chi connectivity index (χ3n) is 4.35. The maximum atomic E-state index is 13.2. The van der Waals surface area contributed by atoms with Gasteiger partial charge in [0.25, 0.3) is 10.0 Å². The second-order valence-electron chi connectivity index (χ2n) is 5.91. The van der Waals surface area contributed by atoms with Crippen LogP contribution in [0.3, 0.4) is 0 Å². The lowest BCUT2D eigenvalue weighted by molar-refractivity contribution is 0.301. The zero-order chi connectivity index (χ0) is 17.4. The number of fused-ring (bicyclic) bond motifs is 3. The SMILES string of the molecule is CNCc1cn(S(=O)(=O)c2ccccc2)c2c1COc1ccccc1-2.Cl. The summed E-state index contributed by atoms with van der Waals surface area (Å²) in [5, 5.41) is 3.10. The van der Waals surface area contributed by atoms with Crippen molar-refractivity contribution in [3.8, 4) is 17.0 Å². The first-order valence-corrected chi connectivity index (χ1v) is 9.47. The highest BCUT2D eigenvalue weighted by atomic mass is 35.5. The third-order valence-corrected chi connectivity index (χ3v) is 6.02. The predicted octanol–water partition coefficient (Wildman–Crippen LogP) is 3.43. The Morgan fingerprint density at radius 2 is 1.77 bits per heavy atom. The van der Waals surface area contributed by atoms with E-state index in [1.54, 1.807) is 36.5 Å². The molecule has 0 bridgehead atoms. The van der Waals surface area contributed by atoms with Gasteiger partial charge in [0.15, 0.2) is 0 Å². The number of nitrogens with one attached hydrogen (secondary N) is 1. The lowest BCUT2D eigenvalue weighted by Gasteiger charge is -2.21. The summed E-state index contributed by atoms with van der Waals surface area (Å²) in [6.45, 7) is 0.936.